The van der Waals surface area contributed by atoms with Gasteiger partial charge in [-0.05, 0) is 86.2 Å². The highest BCUT2D eigenvalue weighted by Crippen LogP contribution is 2.41. The molecule has 1 aliphatic heterocycles. The fourth-order valence-corrected chi connectivity index (χ4v) is 4.62. The van der Waals surface area contributed by atoms with Gasteiger partial charge in [-0.25, -0.2) is 9.18 Å². The summed E-state index contributed by atoms with van der Waals surface area (Å²) in [4.78, 5) is 14.6. The van der Waals surface area contributed by atoms with E-state index in [2.05, 4.69) is 4.90 Å². The first-order valence-electron chi connectivity index (χ1n) is 11.1. The molecule has 1 fully saturated rings. The van der Waals surface area contributed by atoms with Crippen LogP contribution in [0.15, 0.2) is 48.5 Å². The molecule has 4 nitrogen and oxygen atoms in total. The van der Waals surface area contributed by atoms with Gasteiger partial charge in [-0.1, -0.05) is 30.3 Å². The van der Waals surface area contributed by atoms with E-state index in [0.717, 1.165) is 53.5 Å². The second kappa shape index (κ2) is 8.55. The first-order valence-corrected chi connectivity index (χ1v) is 11.1. The van der Waals surface area contributed by atoms with Gasteiger partial charge < -0.3 is 14.7 Å². The molecule has 1 aliphatic rings. The molecule has 0 saturated carbocycles. The molecule has 32 heavy (non-hydrogen) atoms. The molecule has 0 radical (unpaired) electrons. The van der Waals surface area contributed by atoms with Crippen molar-refractivity contribution < 1.29 is 19.0 Å². The molecular formula is C27H30FNO3. The third-order valence-corrected chi connectivity index (χ3v) is 5.90. The molecule has 1 atom stereocenters. The van der Waals surface area contributed by atoms with E-state index >= 15 is 0 Å². The Hall–Kier alpha value is -2.92. The zero-order valence-corrected chi connectivity index (χ0v) is 19.1. The van der Waals surface area contributed by atoms with Gasteiger partial charge in [0.2, 0.25) is 0 Å². The summed E-state index contributed by atoms with van der Waals surface area (Å²) < 4.78 is 20.9. The Bertz CT molecular complexity index is 1160. The number of nitrogens with zero attached hydrogens (tertiary/aromatic N) is 1. The van der Waals surface area contributed by atoms with Gasteiger partial charge in [-0.3, -0.25) is 0 Å². The number of carboxylic acid groups (broad SMARTS) is 1. The standard InChI is InChI=1S/C27H30FNO3/c1-17-13-18-9-5-6-10-22(18)24(23(17)25(26(30)31)32-27(2,3)4)19-14-20(28)16-21(15-19)29-11-7-8-12-29/h5-6,9-10,13-16,25H,7-8,11-12H2,1-4H3,(H,30,31)/t25-/m0/s1. The predicted molar refractivity (Wildman–Crippen MR) is 127 cm³/mol. The summed E-state index contributed by atoms with van der Waals surface area (Å²) in [5.74, 6) is -1.39. The zero-order valence-electron chi connectivity index (χ0n) is 19.1. The fourth-order valence-electron chi connectivity index (χ4n) is 4.62. The number of anilines is 1. The van der Waals surface area contributed by atoms with Gasteiger partial charge in [0.05, 0.1) is 5.60 Å². The average Bonchev–Trinajstić information content (AvgIpc) is 3.25. The lowest BCUT2D eigenvalue weighted by molar-refractivity contribution is -0.160. The van der Waals surface area contributed by atoms with Crippen molar-refractivity contribution in [1.29, 1.82) is 0 Å². The van der Waals surface area contributed by atoms with Crippen molar-refractivity contribution in [3.8, 4) is 11.1 Å². The molecule has 0 aliphatic carbocycles. The van der Waals surface area contributed by atoms with E-state index < -0.39 is 17.7 Å². The van der Waals surface area contributed by atoms with Crippen molar-refractivity contribution in [2.45, 2.75) is 52.2 Å². The van der Waals surface area contributed by atoms with Crippen molar-refractivity contribution >= 4 is 22.4 Å². The minimum absolute atomic E-state index is 0.329. The molecule has 4 rings (SSSR count). The third kappa shape index (κ3) is 4.49. The summed E-state index contributed by atoms with van der Waals surface area (Å²) in [7, 11) is 0. The number of aliphatic carboxylic acids is 1. The van der Waals surface area contributed by atoms with Crippen molar-refractivity contribution in [3.05, 3.63) is 65.5 Å². The number of carbonyl (C=O) groups is 1. The maximum atomic E-state index is 14.9. The van der Waals surface area contributed by atoms with Crippen molar-refractivity contribution in [1.82, 2.24) is 0 Å². The van der Waals surface area contributed by atoms with Crippen LogP contribution >= 0.6 is 0 Å². The quantitative estimate of drug-likeness (QED) is 0.497. The summed E-state index contributed by atoms with van der Waals surface area (Å²) in [5.41, 5.74) is 2.94. The van der Waals surface area contributed by atoms with Crippen LogP contribution in [0.1, 0.15) is 50.8 Å². The monoisotopic (exact) mass is 435 g/mol. The molecule has 1 heterocycles. The second-order valence-corrected chi connectivity index (χ2v) is 9.54. The van der Waals surface area contributed by atoms with Crippen molar-refractivity contribution in [3.63, 3.8) is 0 Å². The number of carboxylic acids is 1. The first kappa shape index (κ1) is 22.3. The van der Waals surface area contributed by atoms with Crippen LogP contribution in [0.2, 0.25) is 0 Å². The minimum Gasteiger partial charge on any atom is -0.479 e. The topological polar surface area (TPSA) is 49.8 Å². The van der Waals surface area contributed by atoms with Gasteiger partial charge in [0, 0.05) is 24.3 Å². The highest BCUT2D eigenvalue weighted by atomic mass is 19.1. The lowest BCUT2D eigenvalue weighted by Crippen LogP contribution is -2.28. The number of fused-ring (bicyclic) bond motifs is 1. The highest BCUT2D eigenvalue weighted by molar-refractivity contribution is 6.01. The van der Waals surface area contributed by atoms with Gasteiger partial charge in [0.1, 0.15) is 5.82 Å². The van der Waals surface area contributed by atoms with E-state index in [1.54, 1.807) is 6.07 Å². The predicted octanol–water partition coefficient (Wildman–Crippen LogP) is 6.50. The molecule has 0 unspecified atom stereocenters. The van der Waals surface area contributed by atoms with Crippen LogP contribution in [0.4, 0.5) is 10.1 Å². The first-order chi connectivity index (χ1) is 15.1. The van der Waals surface area contributed by atoms with E-state index in [1.807, 2.05) is 64.1 Å². The van der Waals surface area contributed by atoms with E-state index in [1.165, 1.54) is 6.07 Å². The maximum Gasteiger partial charge on any atom is 0.337 e. The Kier molecular flexibility index (Phi) is 5.95. The van der Waals surface area contributed by atoms with Crippen LogP contribution < -0.4 is 4.90 Å². The molecule has 0 bridgehead atoms. The van der Waals surface area contributed by atoms with Gasteiger partial charge in [-0.2, -0.15) is 0 Å². The normalized spacial score (nSPS) is 15.3. The van der Waals surface area contributed by atoms with Crippen LogP contribution in [0.5, 0.6) is 0 Å². The molecule has 0 aromatic heterocycles. The average molecular weight is 436 g/mol. The molecule has 1 N–H and O–H groups in total. The zero-order chi connectivity index (χ0) is 23.0. The Morgan fingerprint density at radius 3 is 2.44 bits per heavy atom. The van der Waals surface area contributed by atoms with Crippen molar-refractivity contribution in [2.75, 3.05) is 18.0 Å². The van der Waals surface area contributed by atoms with Crippen LogP contribution in [0.3, 0.4) is 0 Å². The highest BCUT2D eigenvalue weighted by Gasteiger charge is 2.31. The lowest BCUT2D eigenvalue weighted by Gasteiger charge is -2.29. The molecular weight excluding hydrogens is 405 g/mol. The largest absolute Gasteiger partial charge is 0.479 e. The Morgan fingerprint density at radius 2 is 1.78 bits per heavy atom. The van der Waals surface area contributed by atoms with Crippen molar-refractivity contribution in [2.24, 2.45) is 0 Å². The number of hydrogen-bond donors (Lipinski definition) is 1. The third-order valence-electron chi connectivity index (χ3n) is 5.90. The summed E-state index contributed by atoms with van der Waals surface area (Å²) >= 11 is 0. The van der Waals surface area contributed by atoms with E-state index in [4.69, 9.17) is 4.74 Å². The van der Waals surface area contributed by atoms with Crippen LogP contribution in [-0.2, 0) is 9.53 Å². The summed E-state index contributed by atoms with van der Waals surface area (Å²) in [6, 6.07) is 14.9. The number of halogens is 1. The number of aryl methyl sites for hydroxylation is 1. The molecule has 0 spiro atoms. The maximum absolute atomic E-state index is 14.9. The Balaban J connectivity index is 2.01. The number of benzene rings is 3. The number of hydrogen-bond acceptors (Lipinski definition) is 3. The second-order valence-electron chi connectivity index (χ2n) is 9.54. The van der Waals surface area contributed by atoms with Gasteiger partial charge in [-0.15, -0.1) is 0 Å². The van der Waals surface area contributed by atoms with Crippen LogP contribution in [0, 0.1) is 12.7 Å². The molecule has 168 valence electrons. The molecule has 1 saturated heterocycles. The van der Waals surface area contributed by atoms with Gasteiger partial charge in [0.15, 0.2) is 6.10 Å². The molecule has 0 amide bonds. The molecule has 3 aromatic rings. The summed E-state index contributed by atoms with van der Waals surface area (Å²) in [6.07, 6.45) is 1.00. The SMILES string of the molecule is Cc1cc2ccccc2c(-c2cc(F)cc(N3CCCC3)c2)c1[C@H](OC(C)(C)C)C(=O)O. The van der Waals surface area contributed by atoms with E-state index in [-0.39, 0.29) is 5.82 Å². The fraction of sp³-hybridized carbons (Fsp3) is 0.370. The summed E-state index contributed by atoms with van der Waals surface area (Å²) in [6.45, 7) is 9.21. The Morgan fingerprint density at radius 1 is 1.09 bits per heavy atom. The minimum atomic E-state index is -1.17. The van der Waals surface area contributed by atoms with Gasteiger partial charge >= 0.3 is 5.97 Å². The van der Waals surface area contributed by atoms with Crippen LogP contribution in [0.25, 0.3) is 21.9 Å². The lowest BCUT2D eigenvalue weighted by atomic mass is 9.87. The number of rotatable bonds is 5. The molecule has 3 aromatic carbocycles. The summed E-state index contributed by atoms with van der Waals surface area (Å²) in [5, 5.41) is 12.0. The molecule has 5 heteroatoms. The van der Waals surface area contributed by atoms with Gasteiger partial charge in [0.25, 0.3) is 0 Å². The van der Waals surface area contributed by atoms with E-state index in [9.17, 15) is 14.3 Å². The van der Waals surface area contributed by atoms with E-state index in [0.29, 0.717) is 11.1 Å². The number of ether oxygens (including phenoxy) is 1. The van der Waals surface area contributed by atoms with Crippen LogP contribution in [-0.4, -0.2) is 29.8 Å². The Labute approximate surface area is 188 Å². The smallest absolute Gasteiger partial charge is 0.337 e.